The average Bonchev–Trinajstić information content (AvgIpc) is 2.00. The van der Waals surface area contributed by atoms with Crippen molar-refractivity contribution in [2.45, 2.75) is 20.8 Å². The van der Waals surface area contributed by atoms with Crippen LogP contribution in [0.3, 0.4) is 0 Å². The van der Waals surface area contributed by atoms with Crippen LogP contribution in [0.15, 0.2) is 12.2 Å². The minimum Gasteiger partial charge on any atom is -0.486 e. The van der Waals surface area contributed by atoms with E-state index < -0.39 is 21.2 Å². The normalized spacial score (nSPS) is 9.87. The van der Waals surface area contributed by atoms with E-state index >= 15 is 0 Å². The Kier molecular flexibility index (Phi) is 6.64. The van der Waals surface area contributed by atoms with Gasteiger partial charge in [-0.3, -0.25) is 9.59 Å². The molecule has 0 saturated heterocycles. The SMILES string of the molecule is C=C(C)COC[SiH](OC(C)=O)OC(C)=O. The molecule has 0 aromatic carbocycles. The van der Waals surface area contributed by atoms with E-state index in [9.17, 15) is 9.59 Å². The highest BCUT2D eigenvalue weighted by atomic mass is 28.3. The van der Waals surface area contributed by atoms with Gasteiger partial charge in [-0.2, -0.15) is 0 Å². The smallest absolute Gasteiger partial charge is 0.474 e. The fraction of sp³-hybridized carbons (Fsp3) is 0.556. The Hall–Kier alpha value is -1.14. The maximum atomic E-state index is 10.7. The van der Waals surface area contributed by atoms with E-state index in [2.05, 4.69) is 6.58 Å². The highest BCUT2D eigenvalue weighted by Gasteiger charge is 2.20. The first-order valence-corrected chi connectivity index (χ1v) is 6.24. The summed E-state index contributed by atoms with van der Waals surface area (Å²) in [5, 5.41) is 0. The van der Waals surface area contributed by atoms with E-state index in [1.807, 2.05) is 6.92 Å². The van der Waals surface area contributed by atoms with Crippen LogP contribution in [0.2, 0.25) is 0 Å². The maximum absolute atomic E-state index is 10.7. The number of hydrogen-bond acceptors (Lipinski definition) is 5. The van der Waals surface area contributed by atoms with Crippen molar-refractivity contribution in [2.24, 2.45) is 0 Å². The largest absolute Gasteiger partial charge is 0.486 e. The van der Waals surface area contributed by atoms with Gasteiger partial charge in [-0.1, -0.05) is 12.2 Å². The van der Waals surface area contributed by atoms with Crippen LogP contribution in [0.4, 0.5) is 0 Å². The van der Waals surface area contributed by atoms with E-state index in [-0.39, 0.29) is 6.23 Å². The minimum absolute atomic E-state index is 0.145. The quantitative estimate of drug-likeness (QED) is 0.492. The second-order valence-corrected chi connectivity index (χ2v) is 4.78. The van der Waals surface area contributed by atoms with Gasteiger partial charge in [0.05, 0.1) is 6.61 Å². The summed E-state index contributed by atoms with van der Waals surface area (Å²) >= 11 is 0. The molecule has 5 nitrogen and oxygen atoms in total. The fourth-order valence-corrected chi connectivity index (χ4v) is 2.03. The molecule has 0 spiro atoms. The molecule has 0 N–H and O–H groups in total. The zero-order valence-electron chi connectivity index (χ0n) is 9.24. The highest BCUT2D eigenvalue weighted by molar-refractivity contribution is 6.48. The summed E-state index contributed by atoms with van der Waals surface area (Å²) in [5.74, 6) is -0.932. The third-order valence-electron chi connectivity index (χ3n) is 1.20. The van der Waals surface area contributed by atoms with Crippen molar-refractivity contribution in [3.05, 3.63) is 12.2 Å². The molecule has 0 aliphatic carbocycles. The fourth-order valence-electron chi connectivity index (χ4n) is 0.792. The lowest BCUT2D eigenvalue weighted by Crippen LogP contribution is -2.33. The van der Waals surface area contributed by atoms with Crippen LogP contribution in [0.1, 0.15) is 20.8 Å². The number of carbonyl (C=O) groups excluding carboxylic acids is 2. The van der Waals surface area contributed by atoms with Gasteiger partial charge in [0.1, 0.15) is 6.23 Å². The monoisotopic (exact) mass is 232 g/mol. The Bertz CT molecular complexity index is 235. The van der Waals surface area contributed by atoms with Crippen LogP contribution >= 0.6 is 0 Å². The number of hydrogen-bond donors (Lipinski definition) is 0. The van der Waals surface area contributed by atoms with E-state index in [0.29, 0.717) is 6.61 Å². The summed E-state index contributed by atoms with van der Waals surface area (Å²) in [4.78, 5) is 21.4. The van der Waals surface area contributed by atoms with Gasteiger partial charge < -0.3 is 13.6 Å². The molecule has 0 rings (SSSR count). The van der Waals surface area contributed by atoms with Crippen LogP contribution < -0.4 is 0 Å². The molecule has 0 atom stereocenters. The zero-order chi connectivity index (χ0) is 11.8. The van der Waals surface area contributed by atoms with Gasteiger partial charge >= 0.3 is 9.28 Å². The first kappa shape index (κ1) is 13.9. The summed E-state index contributed by atoms with van der Waals surface area (Å²) < 4.78 is 14.9. The molecule has 0 bridgehead atoms. The number of carbonyl (C=O) groups is 2. The van der Waals surface area contributed by atoms with Crippen molar-refractivity contribution in [1.29, 1.82) is 0 Å². The molecular formula is C9H16O5Si. The third-order valence-corrected chi connectivity index (χ3v) is 2.89. The standard InChI is InChI=1S/C9H16O5Si/c1-7(2)5-12-6-15(13-8(3)10)14-9(4)11/h15H,1,5-6H2,2-4H3. The molecule has 15 heavy (non-hydrogen) atoms. The predicted octanol–water partition coefficient (Wildman–Crippen LogP) is 0.465. The van der Waals surface area contributed by atoms with Gasteiger partial charge in [-0.05, 0) is 6.92 Å². The number of ether oxygens (including phenoxy) is 1. The predicted molar refractivity (Wildman–Crippen MR) is 56.3 cm³/mol. The van der Waals surface area contributed by atoms with E-state index in [1.54, 1.807) is 0 Å². The molecule has 0 unspecified atom stereocenters. The Balaban J connectivity index is 3.94. The molecule has 0 heterocycles. The van der Waals surface area contributed by atoms with Crippen molar-refractivity contribution >= 4 is 21.2 Å². The first-order chi connectivity index (χ1) is 6.91. The van der Waals surface area contributed by atoms with Gasteiger partial charge in [0.2, 0.25) is 0 Å². The molecule has 0 radical (unpaired) electrons. The Morgan fingerprint density at radius 2 is 1.60 bits per heavy atom. The molecule has 86 valence electrons. The highest BCUT2D eigenvalue weighted by Crippen LogP contribution is 1.95. The molecule has 0 aromatic rings. The van der Waals surface area contributed by atoms with E-state index in [4.69, 9.17) is 13.6 Å². The van der Waals surface area contributed by atoms with Gasteiger partial charge in [0, 0.05) is 13.8 Å². The van der Waals surface area contributed by atoms with Gasteiger partial charge in [-0.15, -0.1) is 0 Å². The van der Waals surface area contributed by atoms with Crippen LogP contribution in [0.5, 0.6) is 0 Å². The van der Waals surface area contributed by atoms with E-state index in [0.717, 1.165) is 5.57 Å². The third kappa shape index (κ3) is 9.17. The summed E-state index contributed by atoms with van der Waals surface area (Å²) in [6, 6.07) is 0. The van der Waals surface area contributed by atoms with Crippen molar-refractivity contribution in [3.63, 3.8) is 0 Å². The average molecular weight is 232 g/mol. The molecule has 0 fully saturated rings. The summed E-state index contributed by atoms with van der Waals surface area (Å²) in [7, 11) is -2.37. The Morgan fingerprint density at radius 3 is 1.93 bits per heavy atom. The van der Waals surface area contributed by atoms with Crippen molar-refractivity contribution in [3.8, 4) is 0 Å². The van der Waals surface area contributed by atoms with Gasteiger partial charge in [-0.25, -0.2) is 0 Å². The summed E-state index contributed by atoms with van der Waals surface area (Å²) in [6.45, 7) is 8.36. The Labute approximate surface area is 90.9 Å². The minimum atomic E-state index is -2.37. The maximum Gasteiger partial charge on any atom is 0.474 e. The second kappa shape index (κ2) is 7.19. The lowest BCUT2D eigenvalue weighted by atomic mass is 10.4. The Morgan fingerprint density at radius 1 is 1.13 bits per heavy atom. The zero-order valence-corrected chi connectivity index (χ0v) is 10.4. The van der Waals surface area contributed by atoms with Crippen molar-refractivity contribution in [2.75, 3.05) is 12.8 Å². The lowest BCUT2D eigenvalue weighted by molar-refractivity contribution is -0.138. The second-order valence-electron chi connectivity index (χ2n) is 3.12. The molecular weight excluding hydrogens is 216 g/mol. The van der Waals surface area contributed by atoms with Crippen molar-refractivity contribution < 1.29 is 23.2 Å². The molecule has 0 aromatic heterocycles. The molecule has 0 aliphatic rings. The molecule has 6 heteroatoms. The topological polar surface area (TPSA) is 61.8 Å². The van der Waals surface area contributed by atoms with E-state index in [1.165, 1.54) is 13.8 Å². The summed E-state index contributed by atoms with van der Waals surface area (Å²) in [6.07, 6.45) is 0.145. The molecule has 0 saturated carbocycles. The summed E-state index contributed by atoms with van der Waals surface area (Å²) in [5.41, 5.74) is 0.855. The van der Waals surface area contributed by atoms with Gasteiger partial charge in [0.15, 0.2) is 0 Å². The van der Waals surface area contributed by atoms with Crippen LogP contribution in [-0.2, 0) is 23.2 Å². The van der Waals surface area contributed by atoms with Gasteiger partial charge in [0.25, 0.3) is 11.9 Å². The number of rotatable bonds is 6. The van der Waals surface area contributed by atoms with Crippen LogP contribution in [0, 0.1) is 0 Å². The first-order valence-electron chi connectivity index (χ1n) is 4.48. The molecule has 0 amide bonds. The molecule has 0 aliphatic heterocycles. The van der Waals surface area contributed by atoms with Crippen LogP contribution in [0.25, 0.3) is 0 Å². The lowest BCUT2D eigenvalue weighted by Gasteiger charge is -2.14. The van der Waals surface area contributed by atoms with Crippen LogP contribution in [-0.4, -0.2) is 34.1 Å². The van der Waals surface area contributed by atoms with Crippen molar-refractivity contribution in [1.82, 2.24) is 0 Å².